The number of hydrogen-bond acceptors (Lipinski definition) is 3. The lowest BCUT2D eigenvalue weighted by molar-refractivity contribution is -0.150. The second-order valence-electron chi connectivity index (χ2n) is 6.05. The highest BCUT2D eigenvalue weighted by atomic mass is 19.4. The van der Waals surface area contributed by atoms with Crippen molar-refractivity contribution < 1.29 is 23.0 Å². The minimum atomic E-state index is -4.30. The van der Waals surface area contributed by atoms with Crippen LogP contribution in [-0.4, -0.2) is 41.4 Å². The number of aliphatic hydroxyl groups is 1. The molecule has 1 N–H and O–H groups in total. The van der Waals surface area contributed by atoms with Gasteiger partial charge in [-0.1, -0.05) is 12.1 Å². The van der Waals surface area contributed by atoms with Crippen molar-refractivity contribution in [1.82, 2.24) is 4.90 Å². The Labute approximate surface area is 122 Å². The van der Waals surface area contributed by atoms with Gasteiger partial charge in [-0.05, 0) is 31.5 Å². The molecule has 0 radical (unpaired) electrons. The third-order valence-corrected chi connectivity index (χ3v) is 3.44. The molecule has 0 spiro atoms. The summed E-state index contributed by atoms with van der Waals surface area (Å²) in [6, 6.07) is 5.20. The number of aliphatic hydroxyl groups excluding tert-OH is 1. The zero-order chi connectivity index (χ0) is 15.7. The molecule has 0 aromatic heterocycles. The molecule has 1 heterocycles. The normalized spacial score (nSPS) is 23.2. The van der Waals surface area contributed by atoms with Crippen molar-refractivity contribution in [1.29, 1.82) is 0 Å². The lowest BCUT2D eigenvalue weighted by Crippen LogP contribution is -2.53. The van der Waals surface area contributed by atoms with E-state index in [0.717, 1.165) is 17.7 Å². The van der Waals surface area contributed by atoms with Crippen molar-refractivity contribution >= 4 is 0 Å². The molecule has 21 heavy (non-hydrogen) atoms. The molecule has 1 aliphatic rings. The van der Waals surface area contributed by atoms with Gasteiger partial charge in [0.2, 0.25) is 0 Å². The Balaban J connectivity index is 2.04. The molecular weight excluding hydrogens is 283 g/mol. The van der Waals surface area contributed by atoms with Crippen LogP contribution in [0.5, 0.6) is 0 Å². The van der Waals surface area contributed by atoms with E-state index < -0.39 is 11.7 Å². The maximum atomic E-state index is 12.5. The standard InChI is InChI=1S/C15H20F3NO2/c1-14(2)10-19(8-13(9-20)21-14)7-11-3-5-12(6-4-11)15(16,17)18/h3-6,13,20H,7-10H2,1-2H3. The van der Waals surface area contributed by atoms with Crippen molar-refractivity contribution in [2.75, 3.05) is 19.7 Å². The smallest absolute Gasteiger partial charge is 0.394 e. The number of halogens is 3. The van der Waals surface area contributed by atoms with Crippen LogP contribution in [0.3, 0.4) is 0 Å². The first-order chi connectivity index (χ1) is 9.69. The Morgan fingerprint density at radius 2 is 1.90 bits per heavy atom. The molecule has 0 aliphatic carbocycles. The molecular formula is C15H20F3NO2. The van der Waals surface area contributed by atoms with Crippen LogP contribution in [-0.2, 0) is 17.5 Å². The third kappa shape index (κ3) is 4.43. The quantitative estimate of drug-likeness (QED) is 0.932. The van der Waals surface area contributed by atoms with Crippen molar-refractivity contribution in [2.45, 2.75) is 38.3 Å². The van der Waals surface area contributed by atoms with E-state index >= 15 is 0 Å². The Morgan fingerprint density at radius 1 is 1.29 bits per heavy atom. The van der Waals surface area contributed by atoms with Crippen LogP contribution >= 0.6 is 0 Å². The van der Waals surface area contributed by atoms with Crippen molar-refractivity contribution in [3.63, 3.8) is 0 Å². The minimum absolute atomic E-state index is 0.0626. The molecule has 6 heteroatoms. The van der Waals surface area contributed by atoms with Crippen molar-refractivity contribution in [3.8, 4) is 0 Å². The van der Waals surface area contributed by atoms with Crippen molar-refractivity contribution in [3.05, 3.63) is 35.4 Å². The minimum Gasteiger partial charge on any atom is -0.394 e. The fourth-order valence-corrected chi connectivity index (χ4v) is 2.69. The topological polar surface area (TPSA) is 32.7 Å². The van der Waals surface area contributed by atoms with Gasteiger partial charge < -0.3 is 9.84 Å². The highest BCUT2D eigenvalue weighted by molar-refractivity contribution is 5.24. The Bertz CT molecular complexity index is 471. The van der Waals surface area contributed by atoms with Crippen LogP contribution in [0.2, 0.25) is 0 Å². The summed E-state index contributed by atoms with van der Waals surface area (Å²) >= 11 is 0. The zero-order valence-corrected chi connectivity index (χ0v) is 12.2. The first kappa shape index (κ1) is 16.3. The van der Waals surface area contributed by atoms with E-state index in [4.69, 9.17) is 4.74 Å². The van der Waals surface area contributed by atoms with Gasteiger partial charge in [-0.2, -0.15) is 13.2 Å². The van der Waals surface area contributed by atoms with Crippen LogP contribution in [0.15, 0.2) is 24.3 Å². The van der Waals surface area contributed by atoms with Gasteiger partial charge in [0.05, 0.1) is 23.9 Å². The highest BCUT2D eigenvalue weighted by Crippen LogP contribution is 2.29. The average Bonchev–Trinajstić information content (AvgIpc) is 2.36. The molecule has 0 amide bonds. The summed E-state index contributed by atoms with van der Waals surface area (Å²) in [5, 5.41) is 9.26. The monoisotopic (exact) mass is 303 g/mol. The van der Waals surface area contributed by atoms with E-state index in [1.165, 1.54) is 12.1 Å². The summed E-state index contributed by atoms with van der Waals surface area (Å²) in [6.45, 7) is 5.60. The summed E-state index contributed by atoms with van der Waals surface area (Å²) in [5.74, 6) is 0. The molecule has 1 aromatic rings. The number of morpholine rings is 1. The number of nitrogens with zero attached hydrogens (tertiary/aromatic N) is 1. The van der Waals surface area contributed by atoms with Gasteiger partial charge in [-0.3, -0.25) is 4.90 Å². The number of rotatable bonds is 3. The SMILES string of the molecule is CC1(C)CN(Cc2ccc(C(F)(F)F)cc2)CC(CO)O1. The first-order valence-electron chi connectivity index (χ1n) is 6.87. The highest BCUT2D eigenvalue weighted by Gasteiger charge is 2.33. The lowest BCUT2D eigenvalue weighted by Gasteiger charge is -2.42. The molecule has 3 nitrogen and oxygen atoms in total. The number of hydrogen-bond donors (Lipinski definition) is 1. The third-order valence-electron chi connectivity index (χ3n) is 3.44. The Hall–Kier alpha value is -1.11. The molecule has 1 fully saturated rings. The number of benzene rings is 1. The van der Waals surface area contributed by atoms with Gasteiger partial charge in [-0.15, -0.1) is 0 Å². The van der Waals surface area contributed by atoms with Crippen LogP contribution in [0.25, 0.3) is 0 Å². The summed E-state index contributed by atoms with van der Waals surface area (Å²) in [6.07, 6.45) is -4.57. The van der Waals surface area contributed by atoms with Gasteiger partial charge in [0, 0.05) is 19.6 Å². The fraction of sp³-hybridized carbons (Fsp3) is 0.600. The largest absolute Gasteiger partial charge is 0.416 e. The molecule has 1 aliphatic heterocycles. The van der Waals surface area contributed by atoms with Crippen LogP contribution in [0.4, 0.5) is 13.2 Å². The maximum Gasteiger partial charge on any atom is 0.416 e. The van der Waals surface area contributed by atoms with Crippen LogP contribution in [0.1, 0.15) is 25.0 Å². The summed E-state index contributed by atoms with van der Waals surface area (Å²) in [4.78, 5) is 2.09. The summed E-state index contributed by atoms with van der Waals surface area (Å²) in [7, 11) is 0. The van der Waals surface area contributed by atoms with Crippen LogP contribution < -0.4 is 0 Å². The molecule has 0 bridgehead atoms. The van der Waals surface area contributed by atoms with E-state index in [2.05, 4.69) is 4.90 Å². The first-order valence-corrected chi connectivity index (χ1v) is 6.87. The molecule has 2 rings (SSSR count). The van der Waals surface area contributed by atoms with E-state index in [-0.39, 0.29) is 18.3 Å². The van der Waals surface area contributed by atoms with Gasteiger partial charge in [0.25, 0.3) is 0 Å². The molecule has 1 aromatic carbocycles. The molecule has 1 unspecified atom stereocenters. The Kier molecular flexibility index (Phi) is 4.60. The zero-order valence-electron chi connectivity index (χ0n) is 12.2. The second-order valence-corrected chi connectivity index (χ2v) is 6.05. The molecule has 0 saturated carbocycles. The second kappa shape index (κ2) is 5.94. The van der Waals surface area contributed by atoms with Gasteiger partial charge in [0.15, 0.2) is 0 Å². The van der Waals surface area contributed by atoms with Gasteiger partial charge in [-0.25, -0.2) is 0 Å². The summed E-state index contributed by atoms with van der Waals surface area (Å²) in [5.41, 5.74) is -0.198. The lowest BCUT2D eigenvalue weighted by atomic mass is 10.0. The fourth-order valence-electron chi connectivity index (χ4n) is 2.69. The van der Waals surface area contributed by atoms with Gasteiger partial charge >= 0.3 is 6.18 Å². The average molecular weight is 303 g/mol. The van der Waals surface area contributed by atoms with E-state index in [9.17, 15) is 18.3 Å². The number of ether oxygens (including phenoxy) is 1. The predicted molar refractivity (Wildman–Crippen MR) is 72.8 cm³/mol. The van der Waals surface area contributed by atoms with Crippen molar-refractivity contribution in [2.24, 2.45) is 0 Å². The van der Waals surface area contributed by atoms with Gasteiger partial charge in [0.1, 0.15) is 0 Å². The molecule has 118 valence electrons. The predicted octanol–water partition coefficient (Wildman–Crippen LogP) is 2.68. The molecule has 1 saturated heterocycles. The van der Waals surface area contributed by atoms with E-state index in [1.807, 2.05) is 13.8 Å². The molecule has 1 atom stereocenters. The van der Waals surface area contributed by atoms with E-state index in [0.29, 0.717) is 19.6 Å². The maximum absolute atomic E-state index is 12.5. The number of alkyl halides is 3. The Morgan fingerprint density at radius 3 is 2.43 bits per heavy atom. The summed E-state index contributed by atoms with van der Waals surface area (Å²) < 4.78 is 43.3. The van der Waals surface area contributed by atoms with E-state index in [1.54, 1.807) is 0 Å². The van der Waals surface area contributed by atoms with Crippen LogP contribution in [0, 0.1) is 0 Å².